The van der Waals surface area contributed by atoms with Gasteiger partial charge in [0.1, 0.15) is 5.54 Å². The highest BCUT2D eigenvalue weighted by Crippen LogP contribution is 2.19. The number of carboxylic acids is 1. The van der Waals surface area contributed by atoms with Crippen molar-refractivity contribution in [2.45, 2.75) is 45.1 Å². The Morgan fingerprint density at radius 1 is 1.35 bits per heavy atom. The molecule has 0 aliphatic carbocycles. The summed E-state index contributed by atoms with van der Waals surface area (Å²) in [5.74, 6) is -0.512. The van der Waals surface area contributed by atoms with Gasteiger partial charge in [0.25, 0.3) is 0 Å². The summed E-state index contributed by atoms with van der Waals surface area (Å²) in [5, 5.41) is 15.2. The van der Waals surface area contributed by atoms with Gasteiger partial charge >= 0.3 is 12.0 Å². The summed E-state index contributed by atoms with van der Waals surface area (Å²) in [7, 11) is 1.91. The van der Waals surface area contributed by atoms with Gasteiger partial charge in [-0.2, -0.15) is 0 Å². The van der Waals surface area contributed by atoms with Gasteiger partial charge in [-0.1, -0.05) is 13.8 Å². The van der Waals surface area contributed by atoms with Crippen LogP contribution in [0.3, 0.4) is 0 Å². The maximum absolute atomic E-state index is 12.3. The van der Waals surface area contributed by atoms with Crippen molar-refractivity contribution in [3.05, 3.63) is 0 Å². The van der Waals surface area contributed by atoms with E-state index in [1.54, 1.807) is 18.7 Å². The third-order valence-corrected chi connectivity index (χ3v) is 4.26. The van der Waals surface area contributed by atoms with Crippen LogP contribution in [0.5, 0.6) is 0 Å². The maximum atomic E-state index is 12.3. The molecular formula is C14H27N3O3. The van der Waals surface area contributed by atoms with Crippen molar-refractivity contribution >= 4 is 12.0 Å². The van der Waals surface area contributed by atoms with E-state index >= 15 is 0 Å². The van der Waals surface area contributed by atoms with Crippen LogP contribution in [0.25, 0.3) is 0 Å². The number of rotatable bonds is 6. The molecule has 0 saturated carbocycles. The molecule has 0 aromatic rings. The molecule has 1 aliphatic rings. The van der Waals surface area contributed by atoms with Gasteiger partial charge in [0, 0.05) is 13.1 Å². The van der Waals surface area contributed by atoms with Crippen molar-refractivity contribution in [2.75, 3.05) is 26.7 Å². The molecule has 0 aromatic carbocycles. The van der Waals surface area contributed by atoms with E-state index in [0.29, 0.717) is 31.8 Å². The number of hydrogen-bond acceptors (Lipinski definition) is 3. The van der Waals surface area contributed by atoms with Crippen molar-refractivity contribution < 1.29 is 14.7 Å². The van der Waals surface area contributed by atoms with E-state index < -0.39 is 11.5 Å². The van der Waals surface area contributed by atoms with E-state index in [4.69, 9.17) is 0 Å². The number of carboxylic acid groups (broad SMARTS) is 1. The molecule has 1 aliphatic heterocycles. The van der Waals surface area contributed by atoms with E-state index in [0.717, 1.165) is 19.4 Å². The topological polar surface area (TPSA) is 81.7 Å². The van der Waals surface area contributed by atoms with Crippen LogP contribution in [0, 0.1) is 5.92 Å². The standard InChI is InChI=1S/C14H27N3O3/c1-4-14(5-2,12(18)19)16-13(20)17-8-6-7-11(10-17)9-15-3/h11,15H,4-10H2,1-3H3,(H,16,20)(H,18,19). The summed E-state index contributed by atoms with van der Waals surface area (Å²) in [6.07, 6.45) is 2.85. The molecule has 1 atom stereocenters. The monoisotopic (exact) mass is 285 g/mol. The number of likely N-dealkylation sites (tertiary alicyclic amines) is 1. The first-order chi connectivity index (χ1) is 9.49. The van der Waals surface area contributed by atoms with Gasteiger partial charge in [-0.25, -0.2) is 9.59 Å². The largest absolute Gasteiger partial charge is 0.480 e. The highest BCUT2D eigenvalue weighted by Gasteiger charge is 2.38. The summed E-state index contributed by atoms with van der Waals surface area (Å²) in [6.45, 7) is 5.86. The minimum Gasteiger partial charge on any atom is -0.480 e. The smallest absolute Gasteiger partial charge is 0.329 e. The normalized spacial score (nSPS) is 19.8. The highest BCUT2D eigenvalue weighted by molar-refractivity contribution is 5.86. The number of nitrogens with one attached hydrogen (secondary N) is 2. The van der Waals surface area contributed by atoms with Gasteiger partial charge in [-0.15, -0.1) is 0 Å². The van der Waals surface area contributed by atoms with Crippen LogP contribution in [-0.4, -0.2) is 54.2 Å². The van der Waals surface area contributed by atoms with Gasteiger partial charge < -0.3 is 20.6 Å². The maximum Gasteiger partial charge on any atom is 0.329 e. The van der Waals surface area contributed by atoms with Crippen LogP contribution in [0.4, 0.5) is 4.79 Å². The highest BCUT2D eigenvalue weighted by atomic mass is 16.4. The zero-order valence-electron chi connectivity index (χ0n) is 12.7. The van der Waals surface area contributed by atoms with E-state index in [-0.39, 0.29) is 6.03 Å². The van der Waals surface area contributed by atoms with Crippen molar-refractivity contribution in [3.63, 3.8) is 0 Å². The second-order valence-corrected chi connectivity index (χ2v) is 5.54. The Bertz CT molecular complexity index is 341. The number of carbonyl (C=O) groups excluding carboxylic acids is 1. The fraction of sp³-hybridized carbons (Fsp3) is 0.857. The summed E-state index contributed by atoms with van der Waals surface area (Å²) >= 11 is 0. The Balaban J connectivity index is 2.67. The lowest BCUT2D eigenvalue weighted by Gasteiger charge is -2.36. The Kier molecular flexibility index (Phi) is 6.26. The molecule has 20 heavy (non-hydrogen) atoms. The molecule has 6 heteroatoms. The molecule has 0 bridgehead atoms. The van der Waals surface area contributed by atoms with Crippen LogP contribution < -0.4 is 10.6 Å². The minimum absolute atomic E-state index is 0.253. The molecule has 1 heterocycles. The summed E-state index contributed by atoms with van der Waals surface area (Å²) < 4.78 is 0. The van der Waals surface area contributed by atoms with E-state index in [9.17, 15) is 14.7 Å². The van der Waals surface area contributed by atoms with E-state index in [1.165, 1.54) is 0 Å². The molecule has 6 nitrogen and oxygen atoms in total. The first kappa shape index (κ1) is 16.8. The van der Waals surface area contributed by atoms with Crippen LogP contribution in [0.15, 0.2) is 0 Å². The number of hydrogen-bond donors (Lipinski definition) is 3. The van der Waals surface area contributed by atoms with Gasteiger partial charge in [-0.05, 0) is 45.2 Å². The van der Waals surface area contributed by atoms with Gasteiger partial charge in [0.15, 0.2) is 0 Å². The van der Waals surface area contributed by atoms with Gasteiger partial charge in [-0.3, -0.25) is 0 Å². The second kappa shape index (κ2) is 7.47. The van der Waals surface area contributed by atoms with Gasteiger partial charge in [0.05, 0.1) is 0 Å². The fourth-order valence-corrected chi connectivity index (χ4v) is 2.77. The average Bonchev–Trinajstić information content (AvgIpc) is 2.45. The van der Waals surface area contributed by atoms with Crippen molar-refractivity contribution in [1.29, 1.82) is 0 Å². The molecule has 1 fully saturated rings. The summed E-state index contributed by atoms with van der Waals surface area (Å²) in [6, 6.07) is -0.253. The Hall–Kier alpha value is -1.30. The number of urea groups is 1. The molecule has 0 spiro atoms. The number of aliphatic carboxylic acids is 1. The number of amides is 2. The first-order valence-electron chi connectivity index (χ1n) is 7.44. The lowest BCUT2D eigenvalue weighted by Crippen LogP contribution is -2.58. The lowest BCUT2D eigenvalue weighted by atomic mass is 9.93. The Morgan fingerprint density at radius 2 is 2.00 bits per heavy atom. The predicted octanol–water partition coefficient (Wildman–Crippen LogP) is 1.27. The quantitative estimate of drug-likeness (QED) is 0.686. The lowest BCUT2D eigenvalue weighted by molar-refractivity contribution is -0.144. The molecule has 0 aromatic heterocycles. The second-order valence-electron chi connectivity index (χ2n) is 5.54. The Morgan fingerprint density at radius 3 is 2.50 bits per heavy atom. The average molecular weight is 285 g/mol. The van der Waals surface area contributed by atoms with Gasteiger partial charge in [0.2, 0.25) is 0 Å². The third-order valence-electron chi connectivity index (χ3n) is 4.26. The van der Waals surface area contributed by atoms with Crippen molar-refractivity contribution in [2.24, 2.45) is 5.92 Å². The number of nitrogens with zero attached hydrogens (tertiary/aromatic N) is 1. The van der Waals surface area contributed by atoms with Crippen molar-refractivity contribution in [1.82, 2.24) is 15.5 Å². The molecule has 1 saturated heterocycles. The molecular weight excluding hydrogens is 258 g/mol. The number of piperidine rings is 1. The van der Waals surface area contributed by atoms with Crippen LogP contribution in [0.2, 0.25) is 0 Å². The van der Waals surface area contributed by atoms with Crippen molar-refractivity contribution in [3.8, 4) is 0 Å². The molecule has 0 radical (unpaired) electrons. The predicted molar refractivity (Wildman–Crippen MR) is 77.7 cm³/mol. The molecule has 116 valence electrons. The SMILES string of the molecule is CCC(CC)(NC(=O)N1CCCC(CNC)C1)C(=O)O. The molecule has 1 rings (SSSR count). The molecule has 1 unspecified atom stereocenters. The van der Waals surface area contributed by atoms with Crippen LogP contribution in [0.1, 0.15) is 39.5 Å². The van der Waals surface area contributed by atoms with E-state index in [1.807, 2.05) is 7.05 Å². The first-order valence-corrected chi connectivity index (χ1v) is 7.44. The number of carbonyl (C=O) groups is 2. The van der Waals surface area contributed by atoms with Crippen LogP contribution >= 0.6 is 0 Å². The van der Waals surface area contributed by atoms with E-state index in [2.05, 4.69) is 10.6 Å². The fourth-order valence-electron chi connectivity index (χ4n) is 2.77. The zero-order chi connectivity index (χ0) is 15.2. The molecule has 2 amide bonds. The zero-order valence-corrected chi connectivity index (χ0v) is 12.7. The van der Waals surface area contributed by atoms with Crippen LogP contribution in [-0.2, 0) is 4.79 Å². The Labute approximate surface area is 120 Å². The summed E-state index contributed by atoms with van der Waals surface area (Å²) in [5.41, 5.74) is -1.15. The third kappa shape index (κ3) is 3.85. The summed E-state index contributed by atoms with van der Waals surface area (Å²) in [4.78, 5) is 25.5. The molecule has 3 N–H and O–H groups in total. The minimum atomic E-state index is -1.15.